The maximum atomic E-state index is 11.5. The van der Waals surface area contributed by atoms with Crippen LogP contribution in [0, 0.1) is 0 Å². The van der Waals surface area contributed by atoms with Crippen molar-refractivity contribution in [2.75, 3.05) is 13.7 Å². The maximum absolute atomic E-state index is 11.5. The van der Waals surface area contributed by atoms with Crippen molar-refractivity contribution in [3.8, 4) is 16.7 Å². The minimum atomic E-state index is -0.541. The van der Waals surface area contributed by atoms with Crippen LogP contribution in [-0.4, -0.2) is 24.7 Å². The van der Waals surface area contributed by atoms with E-state index < -0.39 is 5.97 Å². The van der Waals surface area contributed by atoms with Crippen LogP contribution in [0.1, 0.15) is 16.6 Å². The van der Waals surface area contributed by atoms with E-state index in [2.05, 4.69) is 9.72 Å². The molecule has 2 aromatic rings. The number of rotatable bonds is 5. The van der Waals surface area contributed by atoms with Crippen LogP contribution in [0.4, 0.5) is 0 Å². The second kappa shape index (κ2) is 6.58. The summed E-state index contributed by atoms with van der Waals surface area (Å²) in [6.07, 6.45) is 0. The van der Waals surface area contributed by atoms with E-state index in [0.29, 0.717) is 18.1 Å². The van der Waals surface area contributed by atoms with Crippen LogP contribution < -0.4 is 9.47 Å². The molecule has 0 unspecified atom stereocenters. The zero-order valence-corrected chi connectivity index (χ0v) is 12.5. The first-order valence-corrected chi connectivity index (χ1v) is 6.99. The van der Waals surface area contributed by atoms with Crippen LogP contribution in [0.25, 0.3) is 0 Å². The molecule has 0 amide bonds. The number of thiazole rings is 1. The number of hydrogen-bond donors (Lipinski definition) is 0. The van der Waals surface area contributed by atoms with E-state index in [1.165, 1.54) is 7.11 Å². The van der Waals surface area contributed by atoms with E-state index in [-0.39, 0.29) is 15.2 Å². The topological polar surface area (TPSA) is 57.7 Å². The van der Waals surface area contributed by atoms with Gasteiger partial charge in [0.2, 0.25) is 0 Å². The van der Waals surface area contributed by atoms with E-state index in [1.54, 1.807) is 12.1 Å². The predicted octanol–water partition coefficient (Wildman–Crippen LogP) is 3.77. The summed E-state index contributed by atoms with van der Waals surface area (Å²) in [6.45, 7) is 2.40. The predicted molar refractivity (Wildman–Crippen MR) is 76.1 cm³/mol. The minimum Gasteiger partial charge on any atom is -0.490 e. The first-order valence-electron chi connectivity index (χ1n) is 5.80. The van der Waals surface area contributed by atoms with Crippen molar-refractivity contribution in [2.24, 2.45) is 0 Å². The molecule has 0 spiro atoms. The number of esters is 1. The average molecular weight is 314 g/mol. The first kappa shape index (κ1) is 14.6. The Morgan fingerprint density at radius 1 is 1.35 bits per heavy atom. The van der Waals surface area contributed by atoms with Gasteiger partial charge in [-0.15, -0.1) is 0 Å². The standard InChI is InChI=1S/C13H12ClNO4S/c1-3-18-8-6-4-5-7-9(8)19-13-15-11(14)10(20-13)12(16)17-2/h4-7H,3H2,1-2H3. The summed E-state index contributed by atoms with van der Waals surface area (Å²) in [6, 6.07) is 7.19. The number of aromatic nitrogens is 1. The van der Waals surface area contributed by atoms with Crippen molar-refractivity contribution in [2.45, 2.75) is 6.92 Å². The van der Waals surface area contributed by atoms with Gasteiger partial charge in [0.25, 0.3) is 5.19 Å². The van der Waals surface area contributed by atoms with Gasteiger partial charge in [-0.3, -0.25) is 0 Å². The molecule has 0 saturated heterocycles. The fourth-order valence-electron chi connectivity index (χ4n) is 1.45. The van der Waals surface area contributed by atoms with Crippen molar-refractivity contribution >= 4 is 28.9 Å². The molecule has 20 heavy (non-hydrogen) atoms. The zero-order chi connectivity index (χ0) is 14.5. The molecular weight excluding hydrogens is 302 g/mol. The summed E-state index contributed by atoms with van der Waals surface area (Å²) in [5, 5.41) is 0.313. The van der Waals surface area contributed by atoms with Gasteiger partial charge >= 0.3 is 5.97 Å². The molecule has 1 aromatic heterocycles. The maximum Gasteiger partial charge on any atom is 0.351 e. The summed E-state index contributed by atoms with van der Waals surface area (Å²) >= 11 is 6.89. The number of ether oxygens (including phenoxy) is 3. The van der Waals surface area contributed by atoms with Gasteiger partial charge in [-0.2, -0.15) is 4.98 Å². The van der Waals surface area contributed by atoms with Crippen molar-refractivity contribution in [1.82, 2.24) is 4.98 Å². The molecule has 2 rings (SSSR count). The van der Waals surface area contributed by atoms with E-state index in [1.807, 2.05) is 19.1 Å². The van der Waals surface area contributed by atoms with Crippen molar-refractivity contribution in [1.29, 1.82) is 0 Å². The number of nitrogens with zero attached hydrogens (tertiary/aromatic N) is 1. The van der Waals surface area contributed by atoms with Crippen LogP contribution in [0.15, 0.2) is 24.3 Å². The summed E-state index contributed by atoms with van der Waals surface area (Å²) in [5.74, 6) is 0.567. The van der Waals surface area contributed by atoms with Gasteiger partial charge in [-0.1, -0.05) is 35.1 Å². The van der Waals surface area contributed by atoms with Gasteiger partial charge in [0.05, 0.1) is 13.7 Å². The number of methoxy groups -OCH3 is 1. The lowest BCUT2D eigenvalue weighted by Gasteiger charge is -2.08. The lowest BCUT2D eigenvalue weighted by atomic mass is 10.3. The molecule has 0 bridgehead atoms. The molecule has 0 fully saturated rings. The fraction of sp³-hybridized carbons (Fsp3) is 0.231. The van der Waals surface area contributed by atoms with Gasteiger partial charge < -0.3 is 14.2 Å². The zero-order valence-electron chi connectivity index (χ0n) is 10.9. The van der Waals surface area contributed by atoms with Gasteiger partial charge in [0.1, 0.15) is 0 Å². The second-order valence-corrected chi connectivity index (χ2v) is 4.89. The minimum absolute atomic E-state index is 0.0609. The van der Waals surface area contributed by atoms with Crippen LogP contribution >= 0.6 is 22.9 Å². The highest BCUT2D eigenvalue weighted by Crippen LogP contribution is 2.36. The molecular formula is C13H12ClNO4S. The number of para-hydroxylation sites is 2. The number of halogens is 1. The lowest BCUT2D eigenvalue weighted by Crippen LogP contribution is -1.98. The number of carbonyl (C=O) groups is 1. The molecule has 7 heteroatoms. The largest absolute Gasteiger partial charge is 0.490 e. The summed E-state index contributed by atoms with van der Waals surface area (Å²) in [7, 11) is 1.28. The van der Waals surface area contributed by atoms with Crippen LogP contribution in [-0.2, 0) is 4.74 Å². The van der Waals surface area contributed by atoms with Gasteiger partial charge in [-0.25, -0.2) is 4.79 Å². The molecule has 0 aliphatic heterocycles. The van der Waals surface area contributed by atoms with E-state index in [9.17, 15) is 4.79 Å². The molecule has 106 valence electrons. The third-order valence-electron chi connectivity index (χ3n) is 2.28. The Morgan fingerprint density at radius 2 is 2.05 bits per heavy atom. The third kappa shape index (κ3) is 3.20. The highest BCUT2D eigenvalue weighted by Gasteiger charge is 2.19. The number of carbonyl (C=O) groups excluding carboxylic acids is 1. The van der Waals surface area contributed by atoms with Crippen LogP contribution in [0.2, 0.25) is 5.15 Å². The molecule has 1 aromatic carbocycles. The molecule has 0 N–H and O–H groups in total. The van der Waals surface area contributed by atoms with Crippen LogP contribution in [0.5, 0.6) is 16.7 Å². The summed E-state index contributed by atoms with van der Waals surface area (Å²) in [4.78, 5) is 15.6. The molecule has 5 nitrogen and oxygen atoms in total. The Labute approximate surface area is 125 Å². The molecule has 1 heterocycles. The van der Waals surface area contributed by atoms with Gasteiger partial charge in [0.15, 0.2) is 21.5 Å². The Kier molecular flexibility index (Phi) is 4.81. The Bertz CT molecular complexity index is 614. The van der Waals surface area contributed by atoms with E-state index >= 15 is 0 Å². The highest BCUT2D eigenvalue weighted by molar-refractivity contribution is 7.15. The fourth-order valence-corrected chi connectivity index (χ4v) is 2.51. The molecule has 0 radical (unpaired) electrons. The van der Waals surface area contributed by atoms with Crippen molar-refractivity contribution < 1.29 is 19.0 Å². The first-order chi connectivity index (χ1) is 9.65. The molecule has 0 aliphatic carbocycles. The van der Waals surface area contributed by atoms with E-state index in [4.69, 9.17) is 21.1 Å². The van der Waals surface area contributed by atoms with Gasteiger partial charge in [-0.05, 0) is 19.1 Å². The van der Waals surface area contributed by atoms with Crippen molar-refractivity contribution in [3.05, 3.63) is 34.3 Å². The second-order valence-electron chi connectivity index (χ2n) is 3.57. The van der Waals surface area contributed by atoms with Crippen molar-refractivity contribution in [3.63, 3.8) is 0 Å². The quantitative estimate of drug-likeness (QED) is 0.786. The summed E-state index contributed by atoms with van der Waals surface area (Å²) in [5.41, 5.74) is 0. The highest BCUT2D eigenvalue weighted by atomic mass is 35.5. The Morgan fingerprint density at radius 3 is 2.70 bits per heavy atom. The smallest absolute Gasteiger partial charge is 0.351 e. The third-order valence-corrected chi connectivity index (χ3v) is 3.58. The van der Waals surface area contributed by atoms with Gasteiger partial charge in [0, 0.05) is 0 Å². The lowest BCUT2D eigenvalue weighted by molar-refractivity contribution is 0.0606. The molecule has 0 atom stereocenters. The normalized spacial score (nSPS) is 10.2. The van der Waals surface area contributed by atoms with Crippen LogP contribution in [0.3, 0.4) is 0 Å². The van der Waals surface area contributed by atoms with E-state index in [0.717, 1.165) is 11.3 Å². The molecule has 0 aliphatic rings. The number of benzene rings is 1. The summed E-state index contributed by atoms with van der Waals surface area (Å²) < 4.78 is 15.7. The average Bonchev–Trinajstić information content (AvgIpc) is 2.81. The number of hydrogen-bond acceptors (Lipinski definition) is 6. The SMILES string of the molecule is CCOc1ccccc1Oc1nc(Cl)c(C(=O)OC)s1. The molecule has 0 saturated carbocycles. The monoisotopic (exact) mass is 313 g/mol. The Hall–Kier alpha value is -1.79. The Balaban J connectivity index is 2.24.